The van der Waals surface area contributed by atoms with Crippen LogP contribution < -0.4 is 10.1 Å². The first-order valence-corrected chi connectivity index (χ1v) is 6.27. The van der Waals surface area contributed by atoms with Gasteiger partial charge in [0.1, 0.15) is 0 Å². The monoisotopic (exact) mass is 237 g/mol. The van der Waals surface area contributed by atoms with Gasteiger partial charge in [0.25, 0.3) is 0 Å². The number of rotatable bonds is 4. The highest BCUT2D eigenvalue weighted by molar-refractivity contribution is 5.32. The lowest BCUT2D eigenvalue weighted by Gasteiger charge is -2.28. The van der Waals surface area contributed by atoms with E-state index in [0.29, 0.717) is 5.75 Å². The number of halogens is 1. The first-order valence-electron chi connectivity index (χ1n) is 6.27. The molecule has 0 saturated carbocycles. The van der Waals surface area contributed by atoms with Crippen LogP contribution in [0.5, 0.6) is 5.75 Å². The lowest BCUT2D eigenvalue weighted by Crippen LogP contribution is -2.41. The average molecular weight is 237 g/mol. The number of hydrogen-bond donors (Lipinski definition) is 1. The summed E-state index contributed by atoms with van der Waals surface area (Å²) < 4.78 is 19.1. The van der Waals surface area contributed by atoms with Crippen LogP contribution in [0.3, 0.4) is 0 Å². The van der Waals surface area contributed by atoms with Gasteiger partial charge < -0.3 is 10.1 Å². The zero-order valence-electron chi connectivity index (χ0n) is 10.6. The fourth-order valence-electron chi connectivity index (χ4n) is 2.66. The molecule has 2 nitrogen and oxygen atoms in total. The van der Waals surface area contributed by atoms with Gasteiger partial charge in [-0.25, -0.2) is 4.39 Å². The molecule has 0 spiro atoms. The Kier molecular flexibility index (Phi) is 3.67. The van der Waals surface area contributed by atoms with Gasteiger partial charge in [-0.2, -0.15) is 0 Å². The van der Waals surface area contributed by atoms with Gasteiger partial charge in [-0.1, -0.05) is 19.1 Å². The Morgan fingerprint density at radius 2 is 2.29 bits per heavy atom. The molecule has 0 aliphatic carbocycles. The van der Waals surface area contributed by atoms with E-state index >= 15 is 0 Å². The third-order valence-electron chi connectivity index (χ3n) is 3.80. The van der Waals surface area contributed by atoms with Crippen molar-refractivity contribution in [2.24, 2.45) is 0 Å². The van der Waals surface area contributed by atoms with Crippen molar-refractivity contribution in [3.05, 3.63) is 29.6 Å². The van der Waals surface area contributed by atoms with Crippen LogP contribution in [0.25, 0.3) is 0 Å². The zero-order chi connectivity index (χ0) is 12.3. The molecule has 1 unspecified atom stereocenters. The molecule has 1 saturated heterocycles. The van der Waals surface area contributed by atoms with Crippen molar-refractivity contribution in [1.29, 1.82) is 0 Å². The molecule has 1 aliphatic rings. The van der Waals surface area contributed by atoms with Crippen LogP contribution in [0.2, 0.25) is 0 Å². The Balaban J connectivity index is 2.23. The molecule has 1 fully saturated rings. The molecule has 1 aromatic rings. The van der Waals surface area contributed by atoms with Crippen LogP contribution in [0.1, 0.15) is 31.7 Å². The highest BCUT2D eigenvalue weighted by Gasteiger charge is 2.32. The number of hydrogen-bond acceptors (Lipinski definition) is 2. The average Bonchev–Trinajstić information content (AvgIpc) is 2.81. The minimum Gasteiger partial charge on any atom is -0.494 e. The molecule has 0 amide bonds. The van der Waals surface area contributed by atoms with Gasteiger partial charge in [0.2, 0.25) is 0 Å². The minimum absolute atomic E-state index is 0.0766. The zero-order valence-corrected chi connectivity index (χ0v) is 10.6. The summed E-state index contributed by atoms with van der Waals surface area (Å²) in [5.41, 5.74) is 0.827. The SMILES string of the molecule is CCC1(Cc2cccc(OC)c2F)CCCN1. The largest absolute Gasteiger partial charge is 0.494 e. The van der Waals surface area contributed by atoms with Gasteiger partial charge >= 0.3 is 0 Å². The van der Waals surface area contributed by atoms with Crippen molar-refractivity contribution in [3.63, 3.8) is 0 Å². The first kappa shape index (κ1) is 12.4. The third-order valence-corrected chi connectivity index (χ3v) is 3.80. The van der Waals surface area contributed by atoms with Crippen molar-refractivity contribution < 1.29 is 9.13 Å². The second kappa shape index (κ2) is 5.05. The molecular formula is C14H20FNO. The van der Waals surface area contributed by atoms with Crippen LogP contribution in [-0.4, -0.2) is 19.2 Å². The van der Waals surface area contributed by atoms with E-state index in [9.17, 15) is 4.39 Å². The molecular weight excluding hydrogens is 217 g/mol. The van der Waals surface area contributed by atoms with Gasteiger partial charge in [0.15, 0.2) is 11.6 Å². The van der Waals surface area contributed by atoms with Crippen molar-refractivity contribution in [2.75, 3.05) is 13.7 Å². The second-order valence-corrected chi connectivity index (χ2v) is 4.77. The van der Waals surface area contributed by atoms with Crippen molar-refractivity contribution in [3.8, 4) is 5.75 Å². The second-order valence-electron chi connectivity index (χ2n) is 4.77. The van der Waals surface area contributed by atoms with E-state index in [1.165, 1.54) is 13.5 Å². The Bertz CT molecular complexity index is 386. The van der Waals surface area contributed by atoms with E-state index in [-0.39, 0.29) is 11.4 Å². The molecule has 1 aromatic carbocycles. The van der Waals surface area contributed by atoms with Crippen LogP contribution in [0.15, 0.2) is 18.2 Å². The van der Waals surface area contributed by atoms with Gasteiger partial charge in [-0.3, -0.25) is 0 Å². The molecule has 2 rings (SSSR count). The molecule has 94 valence electrons. The molecule has 1 heterocycles. The highest BCUT2D eigenvalue weighted by Crippen LogP contribution is 2.30. The van der Waals surface area contributed by atoms with Crippen LogP contribution in [-0.2, 0) is 6.42 Å². The first-order chi connectivity index (χ1) is 8.21. The molecule has 0 radical (unpaired) electrons. The fraction of sp³-hybridized carbons (Fsp3) is 0.571. The minimum atomic E-state index is -0.212. The number of ether oxygens (including phenoxy) is 1. The number of benzene rings is 1. The van der Waals surface area contributed by atoms with Gasteiger partial charge in [0.05, 0.1) is 7.11 Å². The molecule has 1 atom stereocenters. The van der Waals surface area contributed by atoms with Crippen LogP contribution in [0, 0.1) is 5.82 Å². The van der Waals surface area contributed by atoms with E-state index in [4.69, 9.17) is 4.74 Å². The van der Waals surface area contributed by atoms with Gasteiger partial charge in [-0.15, -0.1) is 0 Å². The van der Waals surface area contributed by atoms with E-state index in [0.717, 1.165) is 31.4 Å². The summed E-state index contributed by atoms with van der Waals surface area (Å²) in [7, 11) is 1.51. The maximum atomic E-state index is 14.1. The summed E-state index contributed by atoms with van der Waals surface area (Å²) in [6.45, 7) is 3.20. The maximum Gasteiger partial charge on any atom is 0.168 e. The summed E-state index contributed by atoms with van der Waals surface area (Å²) in [6, 6.07) is 5.38. The van der Waals surface area contributed by atoms with E-state index in [1.807, 2.05) is 12.1 Å². The summed E-state index contributed by atoms with van der Waals surface area (Å²) in [4.78, 5) is 0. The summed E-state index contributed by atoms with van der Waals surface area (Å²) >= 11 is 0. The summed E-state index contributed by atoms with van der Waals surface area (Å²) in [5, 5.41) is 3.53. The molecule has 0 aromatic heterocycles. The van der Waals surface area contributed by atoms with Crippen LogP contribution >= 0.6 is 0 Å². The smallest absolute Gasteiger partial charge is 0.168 e. The van der Waals surface area contributed by atoms with Crippen LogP contribution in [0.4, 0.5) is 4.39 Å². The Morgan fingerprint density at radius 3 is 2.88 bits per heavy atom. The van der Waals surface area contributed by atoms with Crippen molar-refractivity contribution in [1.82, 2.24) is 5.32 Å². The standard InChI is InChI=1S/C14H20FNO/c1-3-14(8-5-9-16-14)10-11-6-4-7-12(17-2)13(11)15/h4,6-7,16H,3,5,8-10H2,1-2H3. The topological polar surface area (TPSA) is 21.3 Å². The lowest BCUT2D eigenvalue weighted by molar-refractivity contribution is 0.346. The van der Waals surface area contributed by atoms with Crippen molar-refractivity contribution >= 4 is 0 Å². The third kappa shape index (κ3) is 2.44. The Hall–Kier alpha value is -1.09. The van der Waals surface area contributed by atoms with Gasteiger partial charge in [-0.05, 0) is 43.9 Å². The maximum absolute atomic E-state index is 14.1. The predicted octanol–water partition coefficient (Wildman–Crippen LogP) is 2.91. The predicted molar refractivity (Wildman–Crippen MR) is 66.9 cm³/mol. The fourth-order valence-corrected chi connectivity index (χ4v) is 2.66. The van der Waals surface area contributed by atoms with E-state index in [2.05, 4.69) is 12.2 Å². The molecule has 17 heavy (non-hydrogen) atoms. The number of nitrogens with one attached hydrogen (secondary N) is 1. The highest BCUT2D eigenvalue weighted by atomic mass is 19.1. The normalized spacial score (nSPS) is 23.9. The Morgan fingerprint density at radius 1 is 1.47 bits per heavy atom. The van der Waals surface area contributed by atoms with E-state index in [1.54, 1.807) is 6.07 Å². The quantitative estimate of drug-likeness (QED) is 0.869. The summed E-state index contributed by atoms with van der Waals surface area (Å²) in [6.07, 6.45) is 4.08. The number of methoxy groups -OCH3 is 1. The molecule has 1 N–H and O–H groups in total. The van der Waals surface area contributed by atoms with E-state index < -0.39 is 0 Å². The molecule has 1 aliphatic heterocycles. The molecule has 0 bridgehead atoms. The molecule has 3 heteroatoms. The summed E-state index contributed by atoms with van der Waals surface area (Å²) in [5.74, 6) is 0.128. The lowest BCUT2D eigenvalue weighted by atomic mass is 9.86. The van der Waals surface area contributed by atoms with Gasteiger partial charge in [0, 0.05) is 5.54 Å². The Labute approximate surface area is 102 Å². The van der Waals surface area contributed by atoms with Crippen molar-refractivity contribution in [2.45, 2.75) is 38.1 Å².